The van der Waals surface area contributed by atoms with Gasteiger partial charge < -0.3 is 14.3 Å². The van der Waals surface area contributed by atoms with Gasteiger partial charge >= 0.3 is 0 Å². The van der Waals surface area contributed by atoms with Crippen molar-refractivity contribution in [3.8, 4) is 0 Å². The summed E-state index contributed by atoms with van der Waals surface area (Å²) in [6.07, 6.45) is 9.73. The molecule has 0 aromatic carbocycles. The SMILES string of the molecule is CCCCCCCO[C@H]1[C@H](C=O)[C@@H]2CC[C@H]1O2. The van der Waals surface area contributed by atoms with Crippen LogP contribution in [0.3, 0.4) is 0 Å². The molecule has 2 fully saturated rings. The highest BCUT2D eigenvalue weighted by Gasteiger charge is 2.49. The predicted molar refractivity (Wildman–Crippen MR) is 65.9 cm³/mol. The highest BCUT2D eigenvalue weighted by atomic mass is 16.6. The minimum absolute atomic E-state index is 0.00982. The van der Waals surface area contributed by atoms with Gasteiger partial charge in [0.25, 0.3) is 0 Å². The molecule has 3 nitrogen and oxygen atoms in total. The maximum absolute atomic E-state index is 11.0. The molecule has 0 radical (unpaired) electrons. The van der Waals surface area contributed by atoms with Crippen molar-refractivity contribution in [2.75, 3.05) is 6.61 Å². The summed E-state index contributed by atoms with van der Waals surface area (Å²) < 4.78 is 11.6. The summed E-state index contributed by atoms with van der Waals surface area (Å²) in [5.41, 5.74) is 0. The molecule has 2 aliphatic heterocycles. The summed E-state index contributed by atoms with van der Waals surface area (Å²) in [4.78, 5) is 11.0. The van der Waals surface area contributed by atoms with E-state index < -0.39 is 0 Å². The van der Waals surface area contributed by atoms with Crippen molar-refractivity contribution in [1.29, 1.82) is 0 Å². The number of rotatable bonds is 8. The Morgan fingerprint density at radius 3 is 2.71 bits per heavy atom. The van der Waals surface area contributed by atoms with Crippen LogP contribution in [-0.4, -0.2) is 31.2 Å². The molecule has 2 bridgehead atoms. The molecule has 2 saturated heterocycles. The molecule has 3 heteroatoms. The van der Waals surface area contributed by atoms with Crippen LogP contribution in [0.5, 0.6) is 0 Å². The predicted octanol–water partition coefficient (Wildman–Crippen LogP) is 2.72. The van der Waals surface area contributed by atoms with Crippen molar-refractivity contribution in [3.63, 3.8) is 0 Å². The normalized spacial score (nSPS) is 35.4. The smallest absolute Gasteiger partial charge is 0.128 e. The van der Waals surface area contributed by atoms with E-state index in [0.29, 0.717) is 0 Å². The molecule has 0 aromatic rings. The van der Waals surface area contributed by atoms with Gasteiger partial charge in [0, 0.05) is 6.61 Å². The van der Waals surface area contributed by atoms with Crippen LogP contribution in [0.2, 0.25) is 0 Å². The van der Waals surface area contributed by atoms with E-state index >= 15 is 0 Å². The lowest BCUT2D eigenvalue weighted by atomic mass is 9.87. The number of hydrogen-bond donors (Lipinski definition) is 0. The molecule has 17 heavy (non-hydrogen) atoms. The lowest BCUT2D eigenvalue weighted by Gasteiger charge is -2.24. The number of carbonyl (C=O) groups is 1. The minimum atomic E-state index is -0.00982. The molecule has 2 aliphatic rings. The van der Waals surface area contributed by atoms with Gasteiger partial charge in [-0.3, -0.25) is 0 Å². The van der Waals surface area contributed by atoms with Gasteiger partial charge in [-0.25, -0.2) is 0 Å². The van der Waals surface area contributed by atoms with Crippen LogP contribution >= 0.6 is 0 Å². The van der Waals surface area contributed by atoms with Gasteiger partial charge in [0.1, 0.15) is 6.29 Å². The van der Waals surface area contributed by atoms with Gasteiger partial charge in [-0.2, -0.15) is 0 Å². The molecule has 0 aliphatic carbocycles. The summed E-state index contributed by atoms with van der Waals surface area (Å²) in [6.45, 7) is 3.00. The van der Waals surface area contributed by atoms with Crippen molar-refractivity contribution in [2.45, 2.75) is 70.2 Å². The molecule has 0 N–H and O–H groups in total. The Morgan fingerprint density at radius 2 is 1.94 bits per heavy atom. The molecule has 0 aromatic heterocycles. The number of ether oxygens (including phenoxy) is 2. The number of carbonyl (C=O) groups excluding carboxylic acids is 1. The Bertz CT molecular complexity index is 242. The van der Waals surface area contributed by atoms with Gasteiger partial charge in [0.2, 0.25) is 0 Å². The molecule has 0 spiro atoms. The van der Waals surface area contributed by atoms with E-state index in [1.54, 1.807) is 0 Å². The van der Waals surface area contributed by atoms with Crippen LogP contribution in [0, 0.1) is 5.92 Å². The van der Waals surface area contributed by atoms with Crippen LogP contribution in [0.15, 0.2) is 0 Å². The maximum atomic E-state index is 11.0. The molecule has 2 rings (SSSR count). The summed E-state index contributed by atoms with van der Waals surface area (Å²) in [5.74, 6) is -0.00982. The van der Waals surface area contributed by atoms with Crippen molar-refractivity contribution in [2.24, 2.45) is 5.92 Å². The third kappa shape index (κ3) is 3.08. The van der Waals surface area contributed by atoms with E-state index in [9.17, 15) is 4.79 Å². The molecule has 0 amide bonds. The summed E-state index contributed by atoms with van der Waals surface area (Å²) in [5, 5.41) is 0. The second-order valence-electron chi connectivity index (χ2n) is 5.25. The van der Waals surface area contributed by atoms with Crippen LogP contribution in [-0.2, 0) is 14.3 Å². The van der Waals surface area contributed by atoms with Gasteiger partial charge in [-0.15, -0.1) is 0 Å². The third-order valence-electron chi connectivity index (χ3n) is 3.98. The first-order chi connectivity index (χ1) is 8.36. The fourth-order valence-electron chi connectivity index (χ4n) is 2.98. The molecule has 98 valence electrons. The van der Waals surface area contributed by atoms with E-state index in [-0.39, 0.29) is 24.2 Å². The first-order valence-electron chi connectivity index (χ1n) is 7.09. The highest BCUT2D eigenvalue weighted by Crippen LogP contribution is 2.39. The van der Waals surface area contributed by atoms with Crippen LogP contribution in [0.1, 0.15) is 51.9 Å². The standard InChI is InChI=1S/C14H24O3/c1-2-3-4-5-6-9-16-14-11(10-15)12-7-8-13(14)17-12/h10-14H,2-9H2,1H3/t11-,12+,13-,14+/m1/s1. The highest BCUT2D eigenvalue weighted by molar-refractivity contribution is 5.57. The van der Waals surface area contributed by atoms with Crippen LogP contribution < -0.4 is 0 Å². The largest absolute Gasteiger partial charge is 0.375 e. The topological polar surface area (TPSA) is 35.5 Å². The Balaban J connectivity index is 1.63. The average molecular weight is 240 g/mol. The van der Waals surface area contributed by atoms with Gasteiger partial charge in [-0.1, -0.05) is 32.6 Å². The van der Waals surface area contributed by atoms with Crippen LogP contribution in [0.25, 0.3) is 0 Å². The zero-order valence-electron chi connectivity index (χ0n) is 10.8. The van der Waals surface area contributed by atoms with Gasteiger partial charge in [0.05, 0.1) is 24.2 Å². The van der Waals surface area contributed by atoms with Crippen molar-refractivity contribution in [1.82, 2.24) is 0 Å². The second-order valence-corrected chi connectivity index (χ2v) is 5.25. The molecular weight excluding hydrogens is 216 g/mol. The van der Waals surface area contributed by atoms with Crippen molar-refractivity contribution < 1.29 is 14.3 Å². The maximum Gasteiger partial charge on any atom is 0.128 e. The molecular formula is C14H24O3. The molecule has 2 heterocycles. The lowest BCUT2D eigenvalue weighted by Crippen LogP contribution is -2.35. The number of hydrogen-bond acceptors (Lipinski definition) is 3. The average Bonchev–Trinajstić information content (AvgIpc) is 2.93. The van der Waals surface area contributed by atoms with Gasteiger partial charge in [-0.05, 0) is 19.3 Å². The Morgan fingerprint density at radius 1 is 1.18 bits per heavy atom. The van der Waals surface area contributed by atoms with E-state index in [1.807, 2.05) is 0 Å². The zero-order valence-corrected chi connectivity index (χ0v) is 10.8. The Hall–Kier alpha value is -0.410. The lowest BCUT2D eigenvalue weighted by molar-refractivity contribution is -0.116. The summed E-state index contributed by atoms with van der Waals surface area (Å²) in [7, 11) is 0. The quantitative estimate of drug-likeness (QED) is 0.483. The fraction of sp³-hybridized carbons (Fsp3) is 0.929. The van der Waals surface area contributed by atoms with E-state index in [4.69, 9.17) is 9.47 Å². The number of unbranched alkanes of at least 4 members (excludes halogenated alkanes) is 4. The second kappa shape index (κ2) is 6.50. The van der Waals surface area contributed by atoms with E-state index in [2.05, 4.69) is 6.92 Å². The Labute approximate surface area is 104 Å². The summed E-state index contributed by atoms with van der Waals surface area (Å²) >= 11 is 0. The first-order valence-corrected chi connectivity index (χ1v) is 7.09. The molecule has 0 unspecified atom stereocenters. The number of aldehydes is 1. The monoisotopic (exact) mass is 240 g/mol. The third-order valence-corrected chi connectivity index (χ3v) is 3.98. The number of fused-ring (bicyclic) bond motifs is 2. The van der Waals surface area contributed by atoms with E-state index in [0.717, 1.165) is 32.2 Å². The van der Waals surface area contributed by atoms with Crippen LogP contribution in [0.4, 0.5) is 0 Å². The minimum Gasteiger partial charge on any atom is -0.375 e. The first kappa shape index (κ1) is 13.0. The van der Waals surface area contributed by atoms with E-state index in [1.165, 1.54) is 25.7 Å². The zero-order chi connectivity index (χ0) is 12.1. The molecule has 0 saturated carbocycles. The van der Waals surface area contributed by atoms with Gasteiger partial charge in [0.15, 0.2) is 0 Å². The Kier molecular flexibility index (Phi) is 4.99. The van der Waals surface area contributed by atoms with Crippen molar-refractivity contribution >= 4 is 6.29 Å². The summed E-state index contributed by atoms with van der Waals surface area (Å²) in [6, 6.07) is 0. The molecule has 4 atom stereocenters. The fourth-order valence-corrected chi connectivity index (χ4v) is 2.98. The van der Waals surface area contributed by atoms with Crippen molar-refractivity contribution in [3.05, 3.63) is 0 Å².